The second-order valence-electron chi connectivity index (χ2n) is 6.63. The number of carbonyl (C=O) groups is 1. The molecule has 2 aromatic carbocycles. The minimum absolute atomic E-state index is 0.156. The van der Waals surface area contributed by atoms with Crippen LogP contribution in [-0.2, 0) is 7.05 Å². The molecule has 1 saturated heterocycles. The molecule has 1 aliphatic heterocycles. The van der Waals surface area contributed by atoms with Crippen molar-refractivity contribution in [2.45, 2.75) is 18.9 Å². The number of carbonyl (C=O) groups excluding carboxylic acids is 1. The molecule has 0 atom stereocenters. The summed E-state index contributed by atoms with van der Waals surface area (Å²) < 4.78 is 7.78. The quantitative estimate of drug-likeness (QED) is 0.759. The molecule has 6 heteroatoms. The van der Waals surface area contributed by atoms with E-state index in [0.717, 1.165) is 48.3 Å². The van der Waals surface area contributed by atoms with Gasteiger partial charge in [-0.25, -0.2) is 0 Å². The Kier molecular flexibility index (Phi) is 4.58. The van der Waals surface area contributed by atoms with E-state index in [-0.39, 0.29) is 12.0 Å². The summed E-state index contributed by atoms with van der Waals surface area (Å²) in [5.41, 5.74) is 2.12. The summed E-state index contributed by atoms with van der Waals surface area (Å²) >= 11 is 0. The molecule has 4 rings (SSSR count). The first-order valence-corrected chi connectivity index (χ1v) is 8.89. The number of ether oxygens (including phenoxy) is 1. The summed E-state index contributed by atoms with van der Waals surface area (Å²) in [4.78, 5) is 12.6. The molecule has 0 unspecified atom stereocenters. The lowest BCUT2D eigenvalue weighted by atomic mass is 10.1. The molecule has 0 saturated carbocycles. The third kappa shape index (κ3) is 3.70. The number of benzene rings is 2. The number of aromatic nitrogens is 2. The first kappa shape index (κ1) is 16.6. The third-order valence-corrected chi connectivity index (χ3v) is 4.56. The van der Waals surface area contributed by atoms with Crippen LogP contribution in [0.2, 0.25) is 0 Å². The molecule has 1 aromatic heterocycles. The van der Waals surface area contributed by atoms with Gasteiger partial charge in [0.15, 0.2) is 0 Å². The van der Waals surface area contributed by atoms with Crippen LogP contribution < -0.4 is 15.4 Å². The zero-order chi connectivity index (χ0) is 17.9. The maximum Gasteiger partial charge on any atom is 0.255 e. The maximum absolute atomic E-state index is 12.6. The standard InChI is InChI=1S/C20H22N4O2/c1-24-13-15-6-5-14(11-19(15)23-24)20(25)22-16-3-2-4-18(12-16)26-17-7-9-21-10-8-17/h2-6,11-13,17,21H,7-10H2,1H3,(H,22,25). The SMILES string of the molecule is Cn1cc2ccc(C(=O)Nc3cccc(OC4CCNCC4)c3)cc2n1. The van der Waals surface area contributed by atoms with Gasteiger partial charge in [0.05, 0.1) is 5.52 Å². The Balaban J connectivity index is 1.46. The highest BCUT2D eigenvalue weighted by molar-refractivity contribution is 6.06. The summed E-state index contributed by atoms with van der Waals surface area (Å²) in [6.45, 7) is 1.97. The number of fused-ring (bicyclic) bond motifs is 1. The Bertz CT molecular complexity index is 928. The van der Waals surface area contributed by atoms with Gasteiger partial charge in [-0.1, -0.05) is 12.1 Å². The van der Waals surface area contributed by atoms with Gasteiger partial charge < -0.3 is 15.4 Å². The molecule has 2 heterocycles. The number of hydrogen-bond donors (Lipinski definition) is 2. The number of rotatable bonds is 4. The normalized spacial score (nSPS) is 15.1. The van der Waals surface area contributed by atoms with Gasteiger partial charge in [0.1, 0.15) is 11.9 Å². The number of nitrogens with zero attached hydrogens (tertiary/aromatic N) is 2. The smallest absolute Gasteiger partial charge is 0.255 e. The Hall–Kier alpha value is -2.86. The number of piperidine rings is 1. The molecular formula is C20H22N4O2. The van der Waals surface area contributed by atoms with Crippen molar-refractivity contribution >= 4 is 22.5 Å². The Morgan fingerprint density at radius 3 is 2.92 bits per heavy atom. The number of amides is 1. The first-order valence-electron chi connectivity index (χ1n) is 8.89. The van der Waals surface area contributed by atoms with Crippen molar-refractivity contribution in [3.05, 3.63) is 54.2 Å². The van der Waals surface area contributed by atoms with Crippen LogP contribution in [0.1, 0.15) is 23.2 Å². The first-order chi connectivity index (χ1) is 12.7. The highest BCUT2D eigenvalue weighted by atomic mass is 16.5. The van der Waals surface area contributed by atoms with E-state index in [4.69, 9.17) is 4.74 Å². The minimum atomic E-state index is -0.156. The molecule has 26 heavy (non-hydrogen) atoms. The molecule has 6 nitrogen and oxygen atoms in total. The van der Waals surface area contributed by atoms with E-state index in [2.05, 4.69) is 15.7 Å². The van der Waals surface area contributed by atoms with Gasteiger partial charge >= 0.3 is 0 Å². The monoisotopic (exact) mass is 350 g/mol. The lowest BCUT2D eigenvalue weighted by molar-refractivity contribution is 0.102. The van der Waals surface area contributed by atoms with Gasteiger partial charge in [-0.05, 0) is 50.2 Å². The molecule has 134 valence electrons. The molecular weight excluding hydrogens is 328 g/mol. The largest absolute Gasteiger partial charge is 0.490 e. The molecule has 0 radical (unpaired) electrons. The summed E-state index contributed by atoms with van der Waals surface area (Å²) in [6.07, 6.45) is 4.16. The summed E-state index contributed by atoms with van der Waals surface area (Å²) in [6, 6.07) is 13.1. The van der Waals surface area contributed by atoms with E-state index in [0.29, 0.717) is 5.56 Å². The molecule has 1 amide bonds. The Labute approximate surface area is 152 Å². The predicted octanol–water partition coefficient (Wildman–Crippen LogP) is 2.96. The van der Waals surface area contributed by atoms with Gasteiger partial charge in [0.2, 0.25) is 0 Å². The molecule has 2 N–H and O–H groups in total. The number of aryl methyl sites for hydroxylation is 1. The topological polar surface area (TPSA) is 68.2 Å². The maximum atomic E-state index is 12.6. The fraction of sp³-hybridized carbons (Fsp3) is 0.300. The van der Waals surface area contributed by atoms with Crippen LogP contribution in [0.15, 0.2) is 48.7 Å². The van der Waals surface area contributed by atoms with Crippen LogP contribution in [0.25, 0.3) is 10.9 Å². The predicted molar refractivity (Wildman–Crippen MR) is 102 cm³/mol. The molecule has 0 spiro atoms. The van der Waals surface area contributed by atoms with Crippen LogP contribution in [0, 0.1) is 0 Å². The van der Waals surface area contributed by atoms with Crippen LogP contribution in [0.4, 0.5) is 5.69 Å². The van der Waals surface area contributed by atoms with Crippen molar-refractivity contribution < 1.29 is 9.53 Å². The van der Waals surface area contributed by atoms with Crippen molar-refractivity contribution in [3.8, 4) is 5.75 Å². The molecule has 0 bridgehead atoms. The van der Waals surface area contributed by atoms with E-state index in [9.17, 15) is 4.79 Å². The number of nitrogens with one attached hydrogen (secondary N) is 2. The second kappa shape index (κ2) is 7.17. The lowest BCUT2D eigenvalue weighted by Gasteiger charge is -2.24. The highest BCUT2D eigenvalue weighted by Gasteiger charge is 2.15. The Morgan fingerprint density at radius 1 is 1.23 bits per heavy atom. The van der Waals surface area contributed by atoms with Gasteiger partial charge in [-0.15, -0.1) is 0 Å². The Morgan fingerprint density at radius 2 is 2.08 bits per heavy atom. The van der Waals surface area contributed by atoms with Crippen LogP contribution in [0.3, 0.4) is 0 Å². The fourth-order valence-electron chi connectivity index (χ4n) is 3.24. The second-order valence-corrected chi connectivity index (χ2v) is 6.63. The van der Waals surface area contributed by atoms with Crippen LogP contribution >= 0.6 is 0 Å². The van der Waals surface area contributed by atoms with Gasteiger partial charge in [-0.3, -0.25) is 9.48 Å². The highest BCUT2D eigenvalue weighted by Crippen LogP contribution is 2.22. The van der Waals surface area contributed by atoms with Crippen molar-refractivity contribution in [1.82, 2.24) is 15.1 Å². The molecule has 1 aliphatic rings. The van der Waals surface area contributed by atoms with E-state index in [1.165, 1.54) is 0 Å². The van der Waals surface area contributed by atoms with E-state index < -0.39 is 0 Å². The molecule has 1 fully saturated rings. The lowest BCUT2D eigenvalue weighted by Crippen LogP contribution is -2.34. The number of hydrogen-bond acceptors (Lipinski definition) is 4. The summed E-state index contributed by atoms with van der Waals surface area (Å²) in [7, 11) is 1.87. The van der Waals surface area contributed by atoms with Crippen molar-refractivity contribution in [1.29, 1.82) is 0 Å². The average molecular weight is 350 g/mol. The average Bonchev–Trinajstić information content (AvgIpc) is 3.02. The summed E-state index contributed by atoms with van der Waals surface area (Å²) in [5.74, 6) is 0.631. The van der Waals surface area contributed by atoms with E-state index in [1.807, 2.05) is 49.6 Å². The third-order valence-electron chi connectivity index (χ3n) is 4.56. The zero-order valence-electron chi connectivity index (χ0n) is 14.7. The fourth-order valence-corrected chi connectivity index (χ4v) is 3.24. The van der Waals surface area contributed by atoms with Crippen LogP contribution in [-0.4, -0.2) is 34.9 Å². The van der Waals surface area contributed by atoms with Crippen molar-refractivity contribution in [2.24, 2.45) is 7.05 Å². The van der Waals surface area contributed by atoms with Gasteiger partial charge in [0, 0.05) is 35.9 Å². The van der Waals surface area contributed by atoms with Gasteiger partial charge in [-0.2, -0.15) is 5.10 Å². The molecule has 3 aromatic rings. The molecule has 0 aliphatic carbocycles. The van der Waals surface area contributed by atoms with Crippen LogP contribution in [0.5, 0.6) is 5.75 Å². The summed E-state index contributed by atoms with van der Waals surface area (Å²) in [5, 5.41) is 11.6. The number of anilines is 1. The minimum Gasteiger partial charge on any atom is -0.490 e. The van der Waals surface area contributed by atoms with E-state index in [1.54, 1.807) is 10.7 Å². The zero-order valence-corrected chi connectivity index (χ0v) is 14.7. The van der Waals surface area contributed by atoms with Gasteiger partial charge in [0.25, 0.3) is 5.91 Å². The van der Waals surface area contributed by atoms with Crippen molar-refractivity contribution in [2.75, 3.05) is 18.4 Å². The van der Waals surface area contributed by atoms with E-state index >= 15 is 0 Å². The van der Waals surface area contributed by atoms with Crippen molar-refractivity contribution in [3.63, 3.8) is 0 Å².